The van der Waals surface area contributed by atoms with Crippen molar-refractivity contribution in [2.24, 2.45) is 0 Å². The Kier molecular flexibility index (Phi) is 4.93. The van der Waals surface area contributed by atoms with E-state index in [4.69, 9.17) is 0 Å². The predicted molar refractivity (Wildman–Crippen MR) is 75.2 cm³/mol. The second-order valence-corrected chi connectivity index (χ2v) is 5.58. The molecule has 0 spiro atoms. The maximum atomic E-state index is 11.8. The SMILES string of the molecule is CCCCCCCC(=O)Cc1cn2ccsc2n1. The number of nitrogens with zero attached hydrogens (tertiary/aromatic N) is 2. The number of ketones is 1. The summed E-state index contributed by atoms with van der Waals surface area (Å²) < 4.78 is 1.98. The van der Waals surface area contributed by atoms with Crippen molar-refractivity contribution in [1.29, 1.82) is 0 Å². The van der Waals surface area contributed by atoms with Gasteiger partial charge in [-0.15, -0.1) is 11.3 Å². The molecule has 0 aliphatic rings. The molecule has 0 N–H and O–H groups in total. The smallest absolute Gasteiger partial charge is 0.193 e. The van der Waals surface area contributed by atoms with Crippen molar-refractivity contribution < 1.29 is 4.79 Å². The Balaban J connectivity index is 1.72. The van der Waals surface area contributed by atoms with E-state index in [9.17, 15) is 4.79 Å². The van der Waals surface area contributed by atoms with E-state index >= 15 is 0 Å². The molecule has 0 fully saturated rings. The van der Waals surface area contributed by atoms with E-state index in [-0.39, 0.29) is 0 Å². The zero-order valence-electron chi connectivity index (χ0n) is 10.9. The fourth-order valence-corrected chi connectivity index (χ4v) is 2.80. The molecule has 0 amide bonds. The number of carbonyl (C=O) groups is 1. The number of aromatic nitrogens is 2. The quantitative estimate of drug-likeness (QED) is 0.678. The second kappa shape index (κ2) is 6.69. The minimum absolute atomic E-state index is 0.317. The van der Waals surface area contributed by atoms with Gasteiger partial charge in [0.25, 0.3) is 0 Å². The minimum atomic E-state index is 0.317. The molecular weight excluding hydrogens is 244 g/mol. The van der Waals surface area contributed by atoms with Gasteiger partial charge in [0.15, 0.2) is 4.96 Å². The number of rotatable bonds is 8. The molecule has 2 heterocycles. The maximum Gasteiger partial charge on any atom is 0.193 e. The summed E-state index contributed by atoms with van der Waals surface area (Å²) in [7, 11) is 0. The summed E-state index contributed by atoms with van der Waals surface area (Å²) in [6.07, 6.45) is 11.1. The summed E-state index contributed by atoms with van der Waals surface area (Å²) in [5, 5.41) is 2.00. The molecule has 0 saturated carbocycles. The van der Waals surface area contributed by atoms with Gasteiger partial charge in [-0.2, -0.15) is 0 Å². The predicted octanol–water partition coefficient (Wildman–Crippen LogP) is 3.87. The molecule has 2 aromatic heterocycles. The molecule has 0 bridgehead atoms. The standard InChI is InChI=1S/C14H20N2OS/c1-2-3-4-5-6-7-13(17)10-12-11-16-8-9-18-14(16)15-12/h8-9,11H,2-7,10H2,1H3. The summed E-state index contributed by atoms with van der Waals surface area (Å²) in [5.74, 6) is 0.317. The van der Waals surface area contributed by atoms with Gasteiger partial charge in [0, 0.05) is 24.2 Å². The van der Waals surface area contributed by atoms with Gasteiger partial charge < -0.3 is 0 Å². The van der Waals surface area contributed by atoms with Gasteiger partial charge in [0.2, 0.25) is 0 Å². The van der Waals surface area contributed by atoms with Gasteiger partial charge >= 0.3 is 0 Å². The van der Waals surface area contributed by atoms with Gasteiger partial charge in [-0.25, -0.2) is 4.98 Å². The van der Waals surface area contributed by atoms with Crippen LogP contribution in [-0.2, 0) is 11.2 Å². The molecule has 4 heteroatoms. The van der Waals surface area contributed by atoms with Crippen molar-refractivity contribution in [2.75, 3.05) is 0 Å². The molecule has 0 aliphatic heterocycles. The first-order valence-corrected chi connectivity index (χ1v) is 7.60. The van der Waals surface area contributed by atoms with Gasteiger partial charge in [0.1, 0.15) is 5.78 Å². The molecule has 0 saturated heterocycles. The van der Waals surface area contributed by atoms with Crippen LogP contribution < -0.4 is 0 Å². The van der Waals surface area contributed by atoms with Crippen LogP contribution in [-0.4, -0.2) is 15.2 Å². The number of fused-ring (bicyclic) bond motifs is 1. The third-order valence-electron chi connectivity index (χ3n) is 3.08. The highest BCUT2D eigenvalue weighted by molar-refractivity contribution is 7.15. The molecule has 3 nitrogen and oxygen atoms in total. The van der Waals surface area contributed by atoms with Crippen LogP contribution in [0.15, 0.2) is 17.8 Å². The van der Waals surface area contributed by atoms with Crippen LogP contribution in [0.4, 0.5) is 0 Å². The molecule has 0 unspecified atom stereocenters. The lowest BCUT2D eigenvalue weighted by molar-refractivity contribution is -0.118. The van der Waals surface area contributed by atoms with Gasteiger partial charge in [-0.05, 0) is 6.42 Å². The van der Waals surface area contributed by atoms with Gasteiger partial charge in [0.05, 0.1) is 12.1 Å². The number of imidazole rings is 1. The molecule has 0 atom stereocenters. The van der Waals surface area contributed by atoms with Crippen molar-refractivity contribution in [3.63, 3.8) is 0 Å². The minimum Gasteiger partial charge on any atom is -0.299 e. The highest BCUT2D eigenvalue weighted by atomic mass is 32.1. The zero-order chi connectivity index (χ0) is 12.8. The molecule has 2 aromatic rings. The Morgan fingerprint density at radius 2 is 2.17 bits per heavy atom. The third kappa shape index (κ3) is 3.67. The lowest BCUT2D eigenvalue weighted by atomic mass is 10.1. The normalized spacial score (nSPS) is 11.2. The zero-order valence-corrected chi connectivity index (χ0v) is 11.7. The van der Waals surface area contributed by atoms with E-state index in [1.165, 1.54) is 25.7 Å². The Bertz CT molecular complexity index is 472. The van der Waals surface area contributed by atoms with Crippen LogP contribution in [0.1, 0.15) is 51.1 Å². The first kappa shape index (κ1) is 13.3. The Morgan fingerprint density at radius 1 is 1.33 bits per heavy atom. The number of Topliss-reactive ketones (excluding diaryl/α,β-unsaturated/α-hetero) is 1. The Labute approximate surface area is 112 Å². The molecule has 2 rings (SSSR count). The van der Waals surface area contributed by atoms with Crippen LogP contribution in [0.3, 0.4) is 0 Å². The highest BCUT2D eigenvalue weighted by Gasteiger charge is 2.08. The van der Waals surface area contributed by atoms with Crippen LogP contribution in [0.2, 0.25) is 0 Å². The lowest BCUT2D eigenvalue weighted by Gasteiger charge is -1.99. The van der Waals surface area contributed by atoms with E-state index in [1.54, 1.807) is 11.3 Å². The maximum absolute atomic E-state index is 11.8. The summed E-state index contributed by atoms with van der Waals surface area (Å²) in [6, 6.07) is 0. The van der Waals surface area contributed by atoms with Gasteiger partial charge in [-0.1, -0.05) is 32.6 Å². The van der Waals surface area contributed by atoms with Crippen molar-refractivity contribution >= 4 is 22.1 Å². The molecule has 18 heavy (non-hydrogen) atoms. The third-order valence-corrected chi connectivity index (χ3v) is 3.85. The van der Waals surface area contributed by atoms with E-state index in [1.807, 2.05) is 22.2 Å². The van der Waals surface area contributed by atoms with E-state index in [0.717, 1.165) is 17.1 Å². The monoisotopic (exact) mass is 264 g/mol. The first-order chi connectivity index (χ1) is 8.79. The van der Waals surface area contributed by atoms with Gasteiger partial charge in [-0.3, -0.25) is 9.20 Å². The fourth-order valence-electron chi connectivity index (χ4n) is 2.08. The van der Waals surface area contributed by atoms with Crippen LogP contribution >= 0.6 is 11.3 Å². The van der Waals surface area contributed by atoms with Crippen LogP contribution in [0, 0.1) is 0 Å². The highest BCUT2D eigenvalue weighted by Crippen LogP contribution is 2.13. The summed E-state index contributed by atoms with van der Waals surface area (Å²) in [5.41, 5.74) is 0.903. The van der Waals surface area contributed by atoms with E-state index < -0.39 is 0 Å². The molecule has 0 radical (unpaired) electrons. The number of thiazole rings is 1. The second-order valence-electron chi connectivity index (χ2n) is 4.70. The van der Waals surface area contributed by atoms with Crippen molar-refractivity contribution in [3.8, 4) is 0 Å². The number of hydrogen-bond donors (Lipinski definition) is 0. The summed E-state index contributed by atoms with van der Waals surface area (Å²) in [4.78, 5) is 17.2. The summed E-state index contributed by atoms with van der Waals surface area (Å²) >= 11 is 1.60. The topological polar surface area (TPSA) is 34.4 Å². The van der Waals surface area contributed by atoms with E-state index in [2.05, 4.69) is 11.9 Å². The molecule has 0 aliphatic carbocycles. The van der Waals surface area contributed by atoms with Crippen molar-refractivity contribution in [2.45, 2.75) is 51.9 Å². The molecular formula is C14H20N2OS. The van der Waals surface area contributed by atoms with Crippen molar-refractivity contribution in [3.05, 3.63) is 23.5 Å². The number of carbonyl (C=O) groups excluding carboxylic acids is 1. The van der Waals surface area contributed by atoms with Crippen LogP contribution in [0.25, 0.3) is 4.96 Å². The first-order valence-electron chi connectivity index (χ1n) is 6.72. The fraction of sp³-hybridized carbons (Fsp3) is 0.571. The summed E-state index contributed by atoms with van der Waals surface area (Å²) in [6.45, 7) is 2.20. The average molecular weight is 264 g/mol. The Morgan fingerprint density at radius 3 is 2.94 bits per heavy atom. The van der Waals surface area contributed by atoms with Crippen LogP contribution in [0.5, 0.6) is 0 Å². The number of hydrogen-bond acceptors (Lipinski definition) is 3. The lowest BCUT2D eigenvalue weighted by Crippen LogP contribution is -2.02. The average Bonchev–Trinajstić information content (AvgIpc) is 2.89. The number of unbranched alkanes of at least 4 members (excludes halogenated alkanes) is 4. The van der Waals surface area contributed by atoms with Crippen molar-refractivity contribution in [1.82, 2.24) is 9.38 Å². The molecule has 0 aromatic carbocycles. The van der Waals surface area contributed by atoms with E-state index in [0.29, 0.717) is 18.6 Å². The Hall–Kier alpha value is -1.16. The largest absolute Gasteiger partial charge is 0.299 e. The molecule has 98 valence electrons.